The summed E-state index contributed by atoms with van der Waals surface area (Å²) in [4.78, 5) is 14.7. The maximum absolute atomic E-state index is 11.3. The van der Waals surface area contributed by atoms with E-state index in [-0.39, 0.29) is 5.69 Å². The lowest BCUT2D eigenvalue weighted by Crippen LogP contribution is -2.02. The van der Waals surface area contributed by atoms with E-state index in [0.717, 1.165) is 5.56 Å². The van der Waals surface area contributed by atoms with Crippen molar-refractivity contribution >= 4 is 26.0 Å². The van der Waals surface area contributed by atoms with E-state index >= 15 is 0 Å². The number of carbonyl (C=O) groups is 1. The van der Waals surface area contributed by atoms with Crippen molar-refractivity contribution in [3.8, 4) is 5.69 Å². The fourth-order valence-corrected chi connectivity index (χ4v) is 2.55. The molecule has 18 heavy (non-hydrogen) atoms. The molecule has 0 aliphatic carbocycles. The van der Waals surface area contributed by atoms with Gasteiger partial charge in [0.25, 0.3) is 9.05 Å². The Labute approximate surface area is 108 Å². The second kappa shape index (κ2) is 4.55. The fraction of sp³-hybridized carbons (Fsp3) is 0.0909. The number of halogens is 1. The van der Waals surface area contributed by atoms with Crippen LogP contribution in [0.25, 0.3) is 5.69 Å². The van der Waals surface area contributed by atoms with E-state index in [1.165, 1.54) is 10.9 Å². The van der Waals surface area contributed by atoms with E-state index in [4.69, 9.17) is 10.7 Å². The van der Waals surface area contributed by atoms with Crippen molar-refractivity contribution in [3.05, 3.63) is 41.9 Å². The van der Waals surface area contributed by atoms with Gasteiger partial charge >= 0.3 is 0 Å². The number of rotatable bonds is 3. The monoisotopic (exact) mass is 284 g/mol. The molecule has 94 valence electrons. The molecule has 0 fully saturated rings. The number of carbonyl (C=O) groups excluding carboxylic acids is 1. The maximum Gasteiger partial charge on any atom is 0.280 e. The zero-order valence-electron chi connectivity index (χ0n) is 9.37. The van der Waals surface area contributed by atoms with Crippen LogP contribution < -0.4 is 0 Å². The summed E-state index contributed by atoms with van der Waals surface area (Å²) in [5.41, 5.74) is 1.54. The van der Waals surface area contributed by atoms with E-state index < -0.39 is 14.1 Å². The molecule has 7 heteroatoms. The summed E-state index contributed by atoms with van der Waals surface area (Å²) in [7, 11) is 1.18. The first kappa shape index (κ1) is 12.8. The van der Waals surface area contributed by atoms with Crippen LogP contribution in [0.4, 0.5) is 0 Å². The molecule has 2 rings (SSSR count). The Balaban J connectivity index is 2.67. The summed E-state index contributed by atoms with van der Waals surface area (Å²) >= 11 is 0. The van der Waals surface area contributed by atoms with Crippen molar-refractivity contribution in [1.29, 1.82) is 0 Å². The first-order valence-electron chi connectivity index (χ1n) is 4.97. The lowest BCUT2D eigenvalue weighted by molar-refractivity contribution is 0.111. The molecule has 5 nitrogen and oxygen atoms in total. The molecule has 0 amide bonds. The summed E-state index contributed by atoms with van der Waals surface area (Å²) in [5, 5.41) is -0.430. The fourth-order valence-electron chi connectivity index (χ4n) is 1.62. The van der Waals surface area contributed by atoms with Gasteiger partial charge in [-0.1, -0.05) is 12.1 Å². The van der Waals surface area contributed by atoms with Crippen LogP contribution in [-0.4, -0.2) is 24.3 Å². The van der Waals surface area contributed by atoms with Gasteiger partial charge in [0.05, 0.1) is 0 Å². The number of hydrogen-bond acceptors (Lipinski definition) is 4. The molecule has 2 aromatic rings. The smallest absolute Gasteiger partial charge is 0.280 e. The Morgan fingerprint density at radius 1 is 1.39 bits per heavy atom. The number of imidazole rings is 1. The number of aldehydes is 1. The second-order valence-electron chi connectivity index (χ2n) is 3.70. The molecular weight excluding hydrogens is 276 g/mol. The highest BCUT2D eigenvalue weighted by Gasteiger charge is 2.22. The first-order chi connectivity index (χ1) is 8.43. The Kier molecular flexibility index (Phi) is 3.23. The van der Waals surface area contributed by atoms with Crippen LogP contribution in [0.15, 0.2) is 35.6 Å². The molecule has 0 atom stereocenters. The van der Waals surface area contributed by atoms with Crippen LogP contribution in [0.1, 0.15) is 16.1 Å². The van der Waals surface area contributed by atoms with Crippen molar-refractivity contribution in [1.82, 2.24) is 9.55 Å². The molecule has 1 aromatic heterocycles. The largest absolute Gasteiger partial charge is 0.296 e. The van der Waals surface area contributed by atoms with Crippen molar-refractivity contribution in [2.75, 3.05) is 0 Å². The van der Waals surface area contributed by atoms with Gasteiger partial charge in [0, 0.05) is 16.4 Å². The third-order valence-electron chi connectivity index (χ3n) is 2.39. The first-order valence-corrected chi connectivity index (χ1v) is 7.28. The molecule has 0 N–H and O–H groups in total. The topological polar surface area (TPSA) is 69.0 Å². The van der Waals surface area contributed by atoms with Gasteiger partial charge in [-0.15, -0.1) is 0 Å². The zero-order chi connectivity index (χ0) is 13.3. The van der Waals surface area contributed by atoms with Crippen molar-refractivity contribution < 1.29 is 13.2 Å². The van der Waals surface area contributed by atoms with Gasteiger partial charge in [-0.25, -0.2) is 13.4 Å². The number of aromatic nitrogens is 2. The van der Waals surface area contributed by atoms with Crippen LogP contribution in [-0.2, 0) is 9.05 Å². The molecule has 0 saturated heterocycles. The van der Waals surface area contributed by atoms with Gasteiger partial charge in [-0.2, -0.15) is 0 Å². The summed E-state index contributed by atoms with van der Waals surface area (Å²) in [6, 6.07) is 7.24. The standard InChI is InChI=1S/C11H9ClN2O3S/c1-8-3-2-4-9(5-8)14-7-13-11(10(14)6-15)18(12,16)17/h2-7H,1H3. The van der Waals surface area contributed by atoms with Crippen LogP contribution in [0.5, 0.6) is 0 Å². The Morgan fingerprint density at radius 2 is 2.11 bits per heavy atom. The predicted molar refractivity (Wildman–Crippen MR) is 66.7 cm³/mol. The van der Waals surface area contributed by atoms with E-state index in [2.05, 4.69) is 4.98 Å². The number of aryl methyl sites for hydroxylation is 1. The van der Waals surface area contributed by atoms with Crippen LogP contribution in [0.2, 0.25) is 0 Å². The van der Waals surface area contributed by atoms with E-state index in [9.17, 15) is 13.2 Å². The number of nitrogens with zero attached hydrogens (tertiary/aromatic N) is 2. The van der Waals surface area contributed by atoms with Crippen LogP contribution >= 0.6 is 10.7 Å². The zero-order valence-corrected chi connectivity index (χ0v) is 10.9. The highest BCUT2D eigenvalue weighted by atomic mass is 35.7. The summed E-state index contributed by atoms with van der Waals surface area (Å²) < 4.78 is 23.9. The molecule has 0 bridgehead atoms. The van der Waals surface area contributed by atoms with Crippen molar-refractivity contribution in [3.63, 3.8) is 0 Å². The quantitative estimate of drug-likeness (QED) is 0.638. The molecule has 0 aliphatic heterocycles. The van der Waals surface area contributed by atoms with Gasteiger partial charge in [0.2, 0.25) is 0 Å². The van der Waals surface area contributed by atoms with Gasteiger partial charge in [-0.05, 0) is 24.6 Å². The van der Waals surface area contributed by atoms with Crippen LogP contribution in [0, 0.1) is 6.92 Å². The minimum atomic E-state index is -4.03. The van der Waals surface area contributed by atoms with Gasteiger partial charge in [0.1, 0.15) is 12.0 Å². The lowest BCUT2D eigenvalue weighted by atomic mass is 10.2. The third-order valence-corrected chi connectivity index (χ3v) is 3.61. The van der Waals surface area contributed by atoms with E-state index in [1.807, 2.05) is 13.0 Å². The SMILES string of the molecule is Cc1cccc(-n2cnc(S(=O)(=O)Cl)c2C=O)c1. The molecular formula is C11H9ClN2O3S. The lowest BCUT2D eigenvalue weighted by Gasteiger charge is -2.05. The number of hydrogen-bond donors (Lipinski definition) is 0. The minimum absolute atomic E-state index is 0.0874. The Bertz CT molecular complexity index is 707. The molecule has 1 aromatic carbocycles. The van der Waals surface area contributed by atoms with Gasteiger partial charge in [0.15, 0.2) is 11.3 Å². The normalized spacial score (nSPS) is 11.4. The summed E-state index contributed by atoms with van der Waals surface area (Å²) in [6.07, 6.45) is 1.68. The average molecular weight is 285 g/mol. The Morgan fingerprint density at radius 3 is 2.67 bits per heavy atom. The summed E-state index contributed by atoms with van der Waals surface area (Å²) in [6.45, 7) is 1.89. The second-order valence-corrected chi connectivity index (χ2v) is 6.18. The molecule has 0 spiro atoms. The molecule has 0 aliphatic rings. The highest BCUT2D eigenvalue weighted by Crippen LogP contribution is 2.20. The minimum Gasteiger partial charge on any atom is -0.296 e. The predicted octanol–water partition coefficient (Wildman–Crippen LogP) is 1.92. The van der Waals surface area contributed by atoms with E-state index in [1.54, 1.807) is 18.2 Å². The molecule has 1 heterocycles. The van der Waals surface area contributed by atoms with Gasteiger partial charge in [-0.3, -0.25) is 9.36 Å². The van der Waals surface area contributed by atoms with E-state index in [0.29, 0.717) is 12.0 Å². The van der Waals surface area contributed by atoms with Gasteiger partial charge < -0.3 is 0 Å². The third kappa shape index (κ3) is 2.30. The number of benzene rings is 1. The Hall–Kier alpha value is -1.66. The molecule has 0 radical (unpaired) electrons. The van der Waals surface area contributed by atoms with Crippen molar-refractivity contribution in [2.24, 2.45) is 0 Å². The summed E-state index contributed by atoms with van der Waals surface area (Å²) in [5.74, 6) is 0. The average Bonchev–Trinajstić information content (AvgIpc) is 2.72. The van der Waals surface area contributed by atoms with Crippen molar-refractivity contribution in [2.45, 2.75) is 11.9 Å². The highest BCUT2D eigenvalue weighted by molar-refractivity contribution is 8.13. The molecule has 0 saturated carbocycles. The molecule has 0 unspecified atom stereocenters. The van der Waals surface area contributed by atoms with Crippen LogP contribution in [0.3, 0.4) is 0 Å². The maximum atomic E-state index is 11.3.